The van der Waals surface area contributed by atoms with Crippen LogP contribution in [0, 0.1) is 5.92 Å². The standard InChI is InChI=1S/C16H31N3O/c1-13-4-6-14(7-5-13)17-15-8-10-19(11-9-15)16(20)12-18(2)3/h13-15,17H,4-12H2,1-3H3. The maximum Gasteiger partial charge on any atom is 0.236 e. The summed E-state index contributed by atoms with van der Waals surface area (Å²) in [6.45, 7) is 4.75. The van der Waals surface area contributed by atoms with Gasteiger partial charge < -0.3 is 15.1 Å². The van der Waals surface area contributed by atoms with E-state index in [-0.39, 0.29) is 5.91 Å². The maximum absolute atomic E-state index is 12.0. The zero-order valence-electron chi connectivity index (χ0n) is 13.4. The van der Waals surface area contributed by atoms with Gasteiger partial charge in [-0.2, -0.15) is 0 Å². The van der Waals surface area contributed by atoms with E-state index in [2.05, 4.69) is 12.2 Å². The topological polar surface area (TPSA) is 35.6 Å². The second-order valence-electron chi connectivity index (χ2n) is 7.02. The van der Waals surface area contributed by atoms with Gasteiger partial charge in [0.25, 0.3) is 0 Å². The molecule has 4 nitrogen and oxygen atoms in total. The minimum atomic E-state index is 0.278. The Morgan fingerprint density at radius 1 is 1.05 bits per heavy atom. The van der Waals surface area contributed by atoms with E-state index in [0.29, 0.717) is 12.6 Å². The lowest BCUT2D eigenvalue weighted by molar-refractivity contribution is -0.132. The summed E-state index contributed by atoms with van der Waals surface area (Å²) in [4.78, 5) is 16.0. The van der Waals surface area contributed by atoms with Gasteiger partial charge in [-0.25, -0.2) is 0 Å². The molecule has 2 rings (SSSR count). The van der Waals surface area contributed by atoms with Crippen LogP contribution in [0.1, 0.15) is 45.4 Å². The molecule has 0 aromatic carbocycles. The molecule has 2 fully saturated rings. The molecular formula is C16H31N3O. The van der Waals surface area contributed by atoms with Crippen molar-refractivity contribution in [3.8, 4) is 0 Å². The first-order valence-electron chi connectivity index (χ1n) is 8.23. The van der Waals surface area contributed by atoms with E-state index in [1.54, 1.807) is 0 Å². The first-order valence-corrected chi connectivity index (χ1v) is 8.23. The van der Waals surface area contributed by atoms with E-state index >= 15 is 0 Å². The molecule has 1 saturated heterocycles. The largest absolute Gasteiger partial charge is 0.341 e. The van der Waals surface area contributed by atoms with Crippen LogP contribution in [0.3, 0.4) is 0 Å². The molecule has 116 valence electrons. The summed E-state index contributed by atoms with van der Waals surface area (Å²) in [5, 5.41) is 3.83. The number of hydrogen-bond donors (Lipinski definition) is 1. The molecule has 0 aromatic rings. The number of carbonyl (C=O) groups excluding carboxylic acids is 1. The lowest BCUT2D eigenvalue weighted by Gasteiger charge is -2.36. The van der Waals surface area contributed by atoms with Crippen LogP contribution in [0.5, 0.6) is 0 Å². The van der Waals surface area contributed by atoms with Crippen LogP contribution < -0.4 is 5.32 Å². The van der Waals surface area contributed by atoms with Crippen LogP contribution in [0.25, 0.3) is 0 Å². The summed E-state index contributed by atoms with van der Waals surface area (Å²) in [6.07, 6.45) is 7.65. The highest BCUT2D eigenvalue weighted by atomic mass is 16.2. The van der Waals surface area contributed by atoms with E-state index in [4.69, 9.17) is 0 Å². The molecule has 4 heteroatoms. The number of hydrogen-bond acceptors (Lipinski definition) is 3. The van der Waals surface area contributed by atoms with Crippen molar-refractivity contribution in [1.82, 2.24) is 15.1 Å². The maximum atomic E-state index is 12.0. The number of nitrogens with zero attached hydrogens (tertiary/aromatic N) is 2. The third-order valence-corrected chi connectivity index (χ3v) is 4.79. The second-order valence-corrected chi connectivity index (χ2v) is 7.02. The SMILES string of the molecule is CC1CCC(NC2CCN(C(=O)CN(C)C)CC2)CC1. The molecule has 0 bridgehead atoms. The summed E-state index contributed by atoms with van der Waals surface area (Å²) < 4.78 is 0. The Kier molecular flexibility index (Phi) is 5.85. The molecule has 20 heavy (non-hydrogen) atoms. The molecular weight excluding hydrogens is 250 g/mol. The van der Waals surface area contributed by atoms with Crippen molar-refractivity contribution in [2.45, 2.75) is 57.5 Å². The van der Waals surface area contributed by atoms with Gasteiger partial charge in [0, 0.05) is 25.2 Å². The summed E-state index contributed by atoms with van der Waals surface area (Å²) in [5.74, 6) is 1.19. The first kappa shape index (κ1) is 15.8. The van der Waals surface area contributed by atoms with Crippen LogP contribution >= 0.6 is 0 Å². The van der Waals surface area contributed by atoms with Gasteiger partial charge in [-0.05, 0) is 58.5 Å². The number of piperidine rings is 1. The fraction of sp³-hybridized carbons (Fsp3) is 0.938. The van der Waals surface area contributed by atoms with Crippen molar-refractivity contribution < 1.29 is 4.79 Å². The molecule has 2 aliphatic rings. The van der Waals surface area contributed by atoms with Gasteiger partial charge in [-0.1, -0.05) is 6.92 Å². The monoisotopic (exact) mass is 281 g/mol. The van der Waals surface area contributed by atoms with Gasteiger partial charge in [-0.15, -0.1) is 0 Å². The first-order chi connectivity index (χ1) is 9.54. The highest BCUT2D eigenvalue weighted by Crippen LogP contribution is 2.24. The number of rotatable bonds is 4. The highest BCUT2D eigenvalue weighted by Gasteiger charge is 2.26. The highest BCUT2D eigenvalue weighted by molar-refractivity contribution is 5.78. The number of nitrogens with one attached hydrogen (secondary N) is 1. The summed E-state index contributed by atoms with van der Waals surface area (Å²) in [7, 11) is 3.91. The summed E-state index contributed by atoms with van der Waals surface area (Å²) >= 11 is 0. The molecule has 1 heterocycles. The molecule has 0 unspecified atom stereocenters. The Morgan fingerprint density at radius 3 is 2.15 bits per heavy atom. The fourth-order valence-electron chi connectivity index (χ4n) is 3.43. The Hall–Kier alpha value is -0.610. The smallest absolute Gasteiger partial charge is 0.236 e. The van der Waals surface area contributed by atoms with Crippen LogP contribution in [-0.4, -0.2) is 61.5 Å². The van der Waals surface area contributed by atoms with Gasteiger partial charge in [-0.3, -0.25) is 4.79 Å². The molecule has 0 aromatic heterocycles. The van der Waals surface area contributed by atoms with Crippen molar-refractivity contribution in [1.29, 1.82) is 0 Å². The number of likely N-dealkylation sites (N-methyl/N-ethyl adjacent to an activating group) is 1. The van der Waals surface area contributed by atoms with Crippen LogP contribution in [0.15, 0.2) is 0 Å². The minimum Gasteiger partial charge on any atom is -0.341 e. The zero-order chi connectivity index (χ0) is 14.5. The van der Waals surface area contributed by atoms with Gasteiger partial charge in [0.05, 0.1) is 6.54 Å². The number of amides is 1. The second kappa shape index (κ2) is 7.41. The normalized spacial score (nSPS) is 28.9. The van der Waals surface area contributed by atoms with Gasteiger partial charge >= 0.3 is 0 Å². The Labute approximate surface area is 123 Å². The Balaban J connectivity index is 1.67. The molecule has 1 amide bonds. The summed E-state index contributed by atoms with van der Waals surface area (Å²) in [6, 6.07) is 1.34. The van der Waals surface area contributed by atoms with Crippen LogP contribution in [-0.2, 0) is 4.79 Å². The van der Waals surface area contributed by atoms with Crippen molar-refractivity contribution in [2.24, 2.45) is 5.92 Å². The van der Waals surface area contributed by atoms with Gasteiger partial charge in [0.2, 0.25) is 5.91 Å². The van der Waals surface area contributed by atoms with Gasteiger partial charge in [0.15, 0.2) is 0 Å². The molecule has 0 spiro atoms. The van der Waals surface area contributed by atoms with E-state index in [9.17, 15) is 4.79 Å². The molecule has 1 saturated carbocycles. The lowest BCUT2D eigenvalue weighted by atomic mass is 9.86. The van der Waals surface area contributed by atoms with Gasteiger partial charge in [0.1, 0.15) is 0 Å². The van der Waals surface area contributed by atoms with Crippen LogP contribution in [0.2, 0.25) is 0 Å². The van der Waals surface area contributed by atoms with Crippen molar-refractivity contribution in [3.63, 3.8) is 0 Å². The summed E-state index contributed by atoms with van der Waals surface area (Å²) in [5.41, 5.74) is 0. The van der Waals surface area contributed by atoms with Crippen LogP contribution in [0.4, 0.5) is 0 Å². The molecule has 0 radical (unpaired) electrons. The molecule has 0 atom stereocenters. The third kappa shape index (κ3) is 4.74. The fourth-order valence-corrected chi connectivity index (χ4v) is 3.43. The molecule has 1 aliphatic carbocycles. The number of likely N-dealkylation sites (tertiary alicyclic amines) is 1. The third-order valence-electron chi connectivity index (χ3n) is 4.79. The minimum absolute atomic E-state index is 0.278. The predicted octanol–water partition coefficient (Wildman–Crippen LogP) is 1.71. The van der Waals surface area contributed by atoms with E-state index < -0.39 is 0 Å². The van der Waals surface area contributed by atoms with E-state index in [1.165, 1.54) is 25.7 Å². The average Bonchev–Trinajstić information content (AvgIpc) is 2.41. The predicted molar refractivity (Wildman–Crippen MR) is 82.7 cm³/mol. The van der Waals surface area contributed by atoms with Crippen molar-refractivity contribution >= 4 is 5.91 Å². The van der Waals surface area contributed by atoms with E-state index in [0.717, 1.165) is 37.9 Å². The molecule has 1 aliphatic heterocycles. The lowest BCUT2D eigenvalue weighted by Crippen LogP contribution is -2.49. The quantitative estimate of drug-likeness (QED) is 0.852. The Bertz CT molecular complexity index is 303. The zero-order valence-corrected chi connectivity index (χ0v) is 13.4. The van der Waals surface area contributed by atoms with Crippen molar-refractivity contribution in [2.75, 3.05) is 33.7 Å². The van der Waals surface area contributed by atoms with Crippen molar-refractivity contribution in [3.05, 3.63) is 0 Å². The Morgan fingerprint density at radius 2 is 1.60 bits per heavy atom. The average molecular weight is 281 g/mol. The van der Waals surface area contributed by atoms with E-state index in [1.807, 2.05) is 23.9 Å². The number of carbonyl (C=O) groups is 1. The molecule has 1 N–H and O–H groups in total.